The molecule has 2 aromatic rings. The first-order chi connectivity index (χ1) is 13.2. The number of carbonyl (C=O) groups is 2. The molecule has 1 aromatic carbocycles. The largest absolute Gasteiger partial charge is 0.331 e. The molecule has 1 saturated heterocycles. The van der Waals surface area contributed by atoms with E-state index in [1.54, 1.807) is 23.1 Å². The lowest BCUT2D eigenvalue weighted by molar-refractivity contribution is -0.146. The van der Waals surface area contributed by atoms with Gasteiger partial charge in [0.25, 0.3) is 0 Å². The fraction of sp³-hybridized carbons (Fsp3) is 0.429. The van der Waals surface area contributed by atoms with Crippen LogP contribution in [-0.2, 0) is 15.3 Å². The molecule has 0 bridgehead atoms. The number of hydrogen-bond donors (Lipinski definition) is 1. The van der Waals surface area contributed by atoms with Gasteiger partial charge in [-0.3, -0.25) is 9.59 Å². The van der Waals surface area contributed by atoms with Crippen molar-refractivity contribution in [1.82, 2.24) is 4.90 Å². The lowest BCUT2D eigenvalue weighted by Crippen LogP contribution is -2.50. The molecule has 2 fully saturated rings. The van der Waals surface area contributed by atoms with Crippen molar-refractivity contribution in [1.29, 1.82) is 0 Å². The van der Waals surface area contributed by atoms with E-state index in [4.69, 9.17) is 0 Å². The van der Waals surface area contributed by atoms with Gasteiger partial charge in [-0.2, -0.15) is 11.3 Å². The minimum absolute atomic E-state index is 0.264. The Morgan fingerprint density at radius 1 is 1.15 bits per heavy atom. The van der Waals surface area contributed by atoms with Crippen molar-refractivity contribution in [3.8, 4) is 0 Å². The molecule has 2 amide bonds. The van der Waals surface area contributed by atoms with Crippen LogP contribution in [0, 0.1) is 5.92 Å². The van der Waals surface area contributed by atoms with Gasteiger partial charge in [0, 0.05) is 23.2 Å². The first-order valence-corrected chi connectivity index (χ1v) is 11.5. The Hall–Kier alpha value is -1.79. The van der Waals surface area contributed by atoms with Crippen LogP contribution < -0.4 is 5.32 Å². The SMILES string of the molecule is O=C(Nc1ccccc1SCc1ccsc1)C(=O)N1CCC[C@@H]2CCC[C@@H]21. The number of piperidine rings is 1. The Morgan fingerprint density at radius 3 is 2.85 bits per heavy atom. The molecule has 1 N–H and O–H groups in total. The fourth-order valence-electron chi connectivity index (χ4n) is 4.24. The minimum atomic E-state index is -0.508. The summed E-state index contributed by atoms with van der Waals surface area (Å²) in [4.78, 5) is 28.3. The van der Waals surface area contributed by atoms with E-state index >= 15 is 0 Å². The average molecular weight is 401 g/mol. The number of rotatable bonds is 4. The van der Waals surface area contributed by atoms with Crippen LogP contribution in [0.25, 0.3) is 0 Å². The minimum Gasteiger partial charge on any atom is -0.331 e. The maximum Gasteiger partial charge on any atom is 0.313 e. The van der Waals surface area contributed by atoms with E-state index in [1.165, 1.54) is 24.8 Å². The van der Waals surface area contributed by atoms with Crippen LogP contribution in [0.5, 0.6) is 0 Å². The molecule has 4 nitrogen and oxygen atoms in total. The highest BCUT2D eigenvalue weighted by atomic mass is 32.2. The number of carbonyl (C=O) groups excluding carboxylic acids is 2. The van der Waals surface area contributed by atoms with Crippen molar-refractivity contribution in [3.05, 3.63) is 46.7 Å². The van der Waals surface area contributed by atoms with Crippen LogP contribution in [0.1, 0.15) is 37.7 Å². The number of fused-ring (bicyclic) bond motifs is 1. The molecule has 1 aliphatic carbocycles. The summed E-state index contributed by atoms with van der Waals surface area (Å²) in [5.41, 5.74) is 1.99. The predicted molar refractivity (Wildman–Crippen MR) is 111 cm³/mol. The van der Waals surface area contributed by atoms with Crippen LogP contribution in [0.4, 0.5) is 5.69 Å². The molecule has 2 heterocycles. The third-order valence-electron chi connectivity index (χ3n) is 5.56. The van der Waals surface area contributed by atoms with Gasteiger partial charge in [0.1, 0.15) is 0 Å². The highest BCUT2D eigenvalue weighted by Crippen LogP contribution is 2.37. The van der Waals surface area contributed by atoms with E-state index in [-0.39, 0.29) is 11.9 Å². The van der Waals surface area contributed by atoms with Gasteiger partial charge in [0.15, 0.2) is 0 Å². The number of likely N-dealkylation sites (tertiary alicyclic amines) is 1. The topological polar surface area (TPSA) is 49.4 Å². The zero-order valence-corrected chi connectivity index (χ0v) is 16.9. The Morgan fingerprint density at radius 2 is 2.00 bits per heavy atom. The molecule has 2 atom stereocenters. The van der Waals surface area contributed by atoms with E-state index in [0.29, 0.717) is 12.5 Å². The number of benzene rings is 1. The van der Waals surface area contributed by atoms with Gasteiger partial charge >= 0.3 is 11.8 Å². The molecule has 1 aromatic heterocycles. The van der Waals surface area contributed by atoms with Gasteiger partial charge in [-0.25, -0.2) is 0 Å². The summed E-state index contributed by atoms with van der Waals surface area (Å²) in [5, 5.41) is 7.07. The summed E-state index contributed by atoms with van der Waals surface area (Å²) >= 11 is 3.36. The molecule has 0 radical (unpaired) electrons. The van der Waals surface area contributed by atoms with Gasteiger partial charge in [-0.15, -0.1) is 11.8 Å². The summed E-state index contributed by atoms with van der Waals surface area (Å²) in [7, 11) is 0. The standard InChI is InChI=1S/C21H24N2O2S2/c24-20(21(25)23-11-4-6-16-5-3-8-18(16)23)22-17-7-1-2-9-19(17)27-14-15-10-12-26-13-15/h1-2,7,9-10,12-13,16,18H,3-6,8,11,14H2,(H,22,24)/t16-,18-/m0/s1. The van der Waals surface area contributed by atoms with Crippen LogP contribution >= 0.6 is 23.1 Å². The number of amides is 2. The normalized spacial score (nSPS) is 21.7. The Balaban J connectivity index is 1.42. The maximum absolute atomic E-state index is 12.8. The average Bonchev–Trinajstić information content (AvgIpc) is 3.38. The van der Waals surface area contributed by atoms with E-state index in [0.717, 1.165) is 29.2 Å². The van der Waals surface area contributed by atoms with E-state index < -0.39 is 5.91 Å². The Kier molecular flexibility index (Phi) is 5.83. The molecular weight excluding hydrogens is 376 g/mol. The van der Waals surface area contributed by atoms with E-state index in [1.807, 2.05) is 29.2 Å². The number of hydrogen-bond acceptors (Lipinski definition) is 4. The molecular formula is C21H24N2O2S2. The van der Waals surface area contributed by atoms with E-state index in [9.17, 15) is 9.59 Å². The highest BCUT2D eigenvalue weighted by Gasteiger charge is 2.39. The second kappa shape index (κ2) is 8.48. The summed E-state index contributed by atoms with van der Waals surface area (Å²) in [5.74, 6) is 0.555. The fourth-order valence-corrected chi connectivity index (χ4v) is 5.97. The highest BCUT2D eigenvalue weighted by molar-refractivity contribution is 7.98. The number of nitrogens with zero attached hydrogens (tertiary/aromatic N) is 1. The number of nitrogens with one attached hydrogen (secondary N) is 1. The molecule has 1 aliphatic heterocycles. The van der Waals surface area contributed by atoms with Gasteiger partial charge in [0.05, 0.1) is 5.69 Å². The predicted octanol–water partition coefficient (Wildman–Crippen LogP) is 4.77. The first-order valence-electron chi connectivity index (χ1n) is 9.57. The van der Waals surface area contributed by atoms with Crippen molar-refractivity contribution in [2.45, 2.75) is 48.8 Å². The second-order valence-electron chi connectivity index (χ2n) is 7.27. The smallest absolute Gasteiger partial charge is 0.313 e. The van der Waals surface area contributed by atoms with Crippen molar-refractivity contribution in [2.75, 3.05) is 11.9 Å². The van der Waals surface area contributed by atoms with Crippen LogP contribution in [0.15, 0.2) is 46.0 Å². The summed E-state index contributed by atoms with van der Waals surface area (Å²) in [6, 6.07) is 10.1. The van der Waals surface area contributed by atoms with Gasteiger partial charge in [-0.05, 0) is 66.1 Å². The molecule has 27 heavy (non-hydrogen) atoms. The molecule has 6 heteroatoms. The van der Waals surface area contributed by atoms with Gasteiger partial charge in [-0.1, -0.05) is 18.6 Å². The number of thioether (sulfide) groups is 1. The molecule has 1 saturated carbocycles. The zero-order valence-electron chi connectivity index (χ0n) is 15.2. The quantitative estimate of drug-likeness (QED) is 0.594. The summed E-state index contributed by atoms with van der Waals surface area (Å²) in [6.07, 6.45) is 5.60. The lowest BCUT2D eigenvalue weighted by Gasteiger charge is -2.37. The molecule has 4 rings (SSSR count). The Bertz CT molecular complexity index is 806. The van der Waals surface area contributed by atoms with Crippen LogP contribution in [0.3, 0.4) is 0 Å². The van der Waals surface area contributed by atoms with Crippen molar-refractivity contribution in [2.24, 2.45) is 5.92 Å². The number of para-hydroxylation sites is 1. The maximum atomic E-state index is 12.8. The molecule has 0 spiro atoms. The van der Waals surface area contributed by atoms with Crippen LogP contribution in [-0.4, -0.2) is 29.3 Å². The van der Waals surface area contributed by atoms with Gasteiger partial charge < -0.3 is 10.2 Å². The monoisotopic (exact) mass is 400 g/mol. The van der Waals surface area contributed by atoms with Crippen molar-refractivity contribution >= 4 is 40.6 Å². The summed E-state index contributed by atoms with van der Waals surface area (Å²) < 4.78 is 0. The first kappa shape index (κ1) is 18.6. The zero-order chi connectivity index (χ0) is 18.6. The molecule has 2 aliphatic rings. The number of thiophene rings is 1. The Labute approximate surface area is 168 Å². The lowest BCUT2D eigenvalue weighted by atomic mass is 9.92. The van der Waals surface area contributed by atoms with Crippen LogP contribution in [0.2, 0.25) is 0 Å². The molecule has 142 valence electrons. The molecule has 0 unspecified atom stereocenters. The van der Waals surface area contributed by atoms with E-state index in [2.05, 4.69) is 22.1 Å². The van der Waals surface area contributed by atoms with Crippen molar-refractivity contribution in [3.63, 3.8) is 0 Å². The van der Waals surface area contributed by atoms with Crippen molar-refractivity contribution < 1.29 is 9.59 Å². The van der Waals surface area contributed by atoms with Gasteiger partial charge in [0.2, 0.25) is 0 Å². The summed E-state index contributed by atoms with van der Waals surface area (Å²) in [6.45, 7) is 0.710. The third kappa shape index (κ3) is 4.22. The number of anilines is 1. The second-order valence-corrected chi connectivity index (χ2v) is 9.07. The third-order valence-corrected chi connectivity index (χ3v) is 7.43.